The number of phosphoric ester groups is 1. The van der Waals surface area contributed by atoms with Gasteiger partial charge in [-0.3, -0.25) is 9.05 Å². The average molecular weight is 234 g/mol. The minimum absolute atomic E-state index is 0. The molecule has 0 spiro atoms. The van der Waals surface area contributed by atoms with Crippen molar-refractivity contribution in [3.63, 3.8) is 0 Å². The molecule has 0 rings (SSSR count). The smallest absolute Gasteiger partial charge is 0.302 e. The summed E-state index contributed by atoms with van der Waals surface area (Å²) in [5.74, 6) is 0. The lowest BCUT2D eigenvalue weighted by molar-refractivity contribution is -0.157. The average Bonchev–Trinajstić information content (AvgIpc) is 1.83. The molecule has 9 heteroatoms. The summed E-state index contributed by atoms with van der Waals surface area (Å²) in [6.07, 6.45) is -4.63. The van der Waals surface area contributed by atoms with Gasteiger partial charge in [-0.1, -0.05) is 0 Å². The van der Waals surface area contributed by atoms with Crippen molar-refractivity contribution in [1.82, 2.24) is 0 Å². The van der Waals surface area contributed by atoms with E-state index >= 15 is 0 Å². The van der Waals surface area contributed by atoms with E-state index in [1.165, 1.54) is 6.92 Å². The van der Waals surface area contributed by atoms with Crippen LogP contribution in [0.5, 0.6) is 0 Å². The summed E-state index contributed by atoms with van der Waals surface area (Å²) in [6.45, 7) is -0.619. The molecule has 13 heavy (non-hydrogen) atoms. The Labute approximate surface area is 89.2 Å². The number of halogens is 3. The van der Waals surface area contributed by atoms with Crippen molar-refractivity contribution < 1.29 is 31.7 Å². The first-order valence-corrected chi connectivity index (χ1v) is 4.45. The van der Waals surface area contributed by atoms with Gasteiger partial charge in [0.2, 0.25) is 0 Å². The van der Waals surface area contributed by atoms with Gasteiger partial charge < -0.3 is 4.89 Å². The molecule has 0 aliphatic carbocycles. The molecule has 0 saturated carbocycles. The van der Waals surface area contributed by atoms with Gasteiger partial charge in [-0.25, -0.2) is 4.57 Å². The second kappa shape index (κ2) is 6.21. The lowest BCUT2D eigenvalue weighted by Crippen LogP contribution is -2.16. The third kappa shape index (κ3) is 10.6. The molecule has 0 aromatic carbocycles. The number of rotatable bonds is 4. The molecule has 0 aromatic heterocycles. The summed E-state index contributed by atoms with van der Waals surface area (Å²) >= 11 is 0. The first kappa shape index (κ1) is 16.1. The molecule has 78 valence electrons. The Bertz CT molecular complexity index is 185. The van der Waals surface area contributed by atoms with Gasteiger partial charge in [-0.05, 0) is 6.92 Å². The molecule has 0 radical (unpaired) electrons. The molecule has 0 saturated heterocycles. The standard InChI is InChI=1S/C4H8F3O4P.Mg.2H/c1-2-10-12(8,9)11-3-4(5,6)7;;;/h2-3H2,1H3,(H,8,9);;;. The van der Waals surface area contributed by atoms with E-state index in [1.54, 1.807) is 0 Å². The molecule has 0 aliphatic heterocycles. The van der Waals surface area contributed by atoms with Crippen LogP contribution in [-0.4, -0.2) is 47.3 Å². The predicted molar refractivity (Wildman–Crippen MR) is 42.0 cm³/mol. The van der Waals surface area contributed by atoms with Crippen LogP contribution in [0.2, 0.25) is 0 Å². The molecule has 4 nitrogen and oxygen atoms in total. The summed E-state index contributed by atoms with van der Waals surface area (Å²) in [6, 6.07) is 0. The highest BCUT2D eigenvalue weighted by Gasteiger charge is 2.33. The van der Waals surface area contributed by atoms with Gasteiger partial charge in [0, 0.05) is 0 Å². The molecular formula is C4H10F3MgO4P. The fraction of sp³-hybridized carbons (Fsp3) is 1.00. The largest absolute Gasteiger partial charge is 0.472 e. The maximum absolute atomic E-state index is 11.4. The molecule has 0 aromatic rings. The first-order chi connectivity index (χ1) is 5.27. The molecule has 0 aliphatic rings. The van der Waals surface area contributed by atoms with Crippen molar-refractivity contribution in [3.05, 3.63) is 0 Å². The highest BCUT2D eigenvalue weighted by atomic mass is 31.2. The normalized spacial score (nSPS) is 16.1. The van der Waals surface area contributed by atoms with Crippen molar-refractivity contribution in [3.8, 4) is 0 Å². The van der Waals surface area contributed by atoms with Gasteiger partial charge in [-0.15, -0.1) is 0 Å². The molecular weight excluding hydrogens is 224 g/mol. The van der Waals surface area contributed by atoms with Gasteiger partial charge in [0.1, 0.15) is 0 Å². The molecule has 1 N–H and O–H groups in total. The third-order valence-corrected chi connectivity index (χ3v) is 1.72. The summed E-state index contributed by atoms with van der Waals surface area (Å²) in [7, 11) is -4.51. The Hall–Kier alpha value is 0.666. The van der Waals surface area contributed by atoms with Crippen LogP contribution in [-0.2, 0) is 13.6 Å². The van der Waals surface area contributed by atoms with Crippen LogP contribution in [0, 0.1) is 0 Å². The monoisotopic (exact) mass is 234 g/mol. The topological polar surface area (TPSA) is 55.8 Å². The van der Waals surface area contributed by atoms with E-state index < -0.39 is 20.6 Å². The summed E-state index contributed by atoms with van der Waals surface area (Å²) in [4.78, 5) is 8.49. The Morgan fingerprint density at radius 3 is 2.15 bits per heavy atom. The fourth-order valence-electron chi connectivity index (χ4n) is 0.355. The zero-order chi connectivity index (χ0) is 9.83. The van der Waals surface area contributed by atoms with E-state index in [-0.39, 0.29) is 29.7 Å². The van der Waals surface area contributed by atoms with E-state index in [9.17, 15) is 17.7 Å². The zero-order valence-electron chi connectivity index (χ0n) is 6.17. The lowest BCUT2D eigenvalue weighted by Gasteiger charge is -2.11. The van der Waals surface area contributed by atoms with Crippen LogP contribution in [0.25, 0.3) is 0 Å². The Morgan fingerprint density at radius 2 is 1.85 bits per heavy atom. The van der Waals surface area contributed by atoms with Gasteiger partial charge in [0.05, 0.1) is 6.61 Å². The number of hydrogen-bond acceptors (Lipinski definition) is 3. The van der Waals surface area contributed by atoms with E-state index in [0.717, 1.165) is 0 Å². The molecule has 0 fully saturated rings. The maximum Gasteiger partial charge on any atom is 0.472 e. The van der Waals surface area contributed by atoms with Crippen LogP contribution in [0.1, 0.15) is 6.92 Å². The van der Waals surface area contributed by atoms with Crippen molar-refractivity contribution in [2.24, 2.45) is 0 Å². The first-order valence-electron chi connectivity index (χ1n) is 2.95. The highest BCUT2D eigenvalue weighted by Crippen LogP contribution is 2.44. The van der Waals surface area contributed by atoms with Crippen LogP contribution in [0.3, 0.4) is 0 Å². The number of phosphoric acid groups is 1. The quantitative estimate of drug-likeness (QED) is 0.577. The summed E-state index contributed by atoms with van der Waals surface area (Å²) in [5.41, 5.74) is 0. The fourth-order valence-corrected chi connectivity index (χ4v) is 1.07. The molecule has 1 atom stereocenters. The molecule has 0 amide bonds. The predicted octanol–water partition coefficient (Wildman–Crippen LogP) is 0.786. The zero-order valence-corrected chi connectivity index (χ0v) is 7.06. The third-order valence-electron chi connectivity index (χ3n) is 0.684. The van der Waals surface area contributed by atoms with Crippen molar-refractivity contribution >= 4 is 30.9 Å². The minimum Gasteiger partial charge on any atom is -0.302 e. The number of alkyl halides is 3. The Kier molecular flexibility index (Phi) is 7.69. The second-order valence-corrected chi connectivity index (χ2v) is 3.23. The van der Waals surface area contributed by atoms with Crippen LogP contribution >= 0.6 is 7.82 Å². The van der Waals surface area contributed by atoms with Gasteiger partial charge in [0.25, 0.3) is 0 Å². The van der Waals surface area contributed by atoms with E-state index in [0.29, 0.717) is 0 Å². The Balaban J connectivity index is 0. The lowest BCUT2D eigenvalue weighted by atomic mass is 10.7. The van der Waals surface area contributed by atoms with E-state index in [1.807, 2.05) is 0 Å². The van der Waals surface area contributed by atoms with Crippen LogP contribution in [0.4, 0.5) is 13.2 Å². The van der Waals surface area contributed by atoms with Gasteiger partial charge >= 0.3 is 37.1 Å². The molecule has 1 unspecified atom stereocenters. The van der Waals surface area contributed by atoms with Gasteiger partial charge in [0.15, 0.2) is 6.61 Å². The van der Waals surface area contributed by atoms with Crippen molar-refractivity contribution in [1.29, 1.82) is 0 Å². The van der Waals surface area contributed by atoms with Crippen molar-refractivity contribution in [2.45, 2.75) is 13.1 Å². The van der Waals surface area contributed by atoms with Crippen LogP contribution < -0.4 is 0 Å². The number of hydrogen-bond donors (Lipinski definition) is 1. The highest BCUT2D eigenvalue weighted by molar-refractivity contribution is 7.47. The van der Waals surface area contributed by atoms with Crippen molar-refractivity contribution in [2.75, 3.05) is 13.2 Å². The Morgan fingerprint density at radius 1 is 1.38 bits per heavy atom. The SMILES string of the molecule is CCOP(=O)(O)OCC(F)(F)F.[MgH2]. The summed E-state index contributed by atoms with van der Waals surface area (Å²) < 4.78 is 52.3. The molecule has 0 heterocycles. The van der Waals surface area contributed by atoms with E-state index in [4.69, 9.17) is 4.89 Å². The van der Waals surface area contributed by atoms with E-state index in [2.05, 4.69) is 9.05 Å². The maximum atomic E-state index is 11.4. The summed E-state index contributed by atoms with van der Waals surface area (Å²) in [5, 5.41) is 0. The van der Waals surface area contributed by atoms with Crippen LogP contribution in [0.15, 0.2) is 0 Å². The second-order valence-electron chi connectivity index (χ2n) is 1.77. The minimum atomic E-state index is -4.63. The van der Waals surface area contributed by atoms with Gasteiger partial charge in [-0.2, -0.15) is 13.2 Å². The molecule has 0 bridgehead atoms.